The van der Waals surface area contributed by atoms with Gasteiger partial charge in [0.25, 0.3) is 5.91 Å². The van der Waals surface area contributed by atoms with Crippen LogP contribution in [0.3, 0.4) is 0 Å². The summed E-state index contributed by atoms with van der Waals surface area (Å²) in [7, 11) is 0. The third kappa shape index (κ3) is 5.83. The summed E-state index contributed by atoms with van der Waals surface area (Å²) in [6.45, 7) is 6.58. The van der Waals surface area contributed by atoms with Crippen molar-refractivity contribution in [3.05, 3.63) is 59.7 Å². The Morgan fingerprint density at radius 2 is 2.08 bits per heavy atom. The molecule has 0 aliphatic rings. The molecule has 5 heteroatoms. The average molecular weight is 358 g/mol. The van der Waals surface area contributed by atoms with Gasteiger partial charge in [-0.1, -0.05) is 32.8 Å². The lowest BCUT2D eigenvalue weighted by Gasteiger charge is -2.23. The summed E-state index contributed by atoms with van der Waals surface area (Å²) in [6.07, 6.45) is 4.81. The van der Waals surface area contributed by atoms with E-state index in [2.05, 4.69) is 31.1 Å². The average Bonchev–Trinajstić information content (AvgIpc) is 2.64. The molecule has 2 rings (SSSR count). The van der Waals surface area contributed by atoms with Crippen LogP contribution in [0.15, 0.2) is 42.6 Å². The summed E-state index contributed by atoms with van der Waals surface area (Å²) in [4.78, 5) is 16.7. The van der Waals surface area contributed by atoms with Crippen molar-refractivity contribution in [1.82, 2.24) is 10.3 Å². The number of amides is 1. The van der Waals surface area contributed by atoms with E-state index >= 15 is 0 Å². The molecule has 0 bridgehead atoms. The Morgan fingerprint density at radius 3 is 2.69 bits per heavy atom. The summed E-state index contributed by atoms with van der Waals surface area (Å²) in [5, 5.41) is 3.06. The van der Waals surface area contributed by atoms with Gasteiger partial charge in [-0.25, -0.2) is 4.39 Å². The van der Waals surface area contributed by atoms with Crippen molar-refractivity contribution in [3.63, 3.8) is 0 Å². The van der Waals surface area contributed by atoms with E-state index in [1.807, 2.05) is 0 Å². The van der Waals surface area contributed by atoms with Crippen LogP contribution < -0.4 is 10.1 Å². The number of nitrogens with zero attached hydrogens (tertiary/aromatic N) is 1. The van der Waals surface area contributed by atoms with E-state index in [0.717, 1.165) is 19.3 Å². The van der Waals surface area contributed by atoms with Gasteiger partial charge in [-0.2, -0.15) is 0 Å². The summed E-state index contributed by atoms with van der Waals surface area (Å²) in [5.74, 6) is 0.474. The third-order valence-electron chi connectivity index (χ3n) is 4.52. The first kappa shape index (κ1) is 19.9. The fourth-order valence-electron chi connectivity index (χ4n) is 2.94. The fourth-order valence-corrected chi connectivity index (χ4v) is 2.94. The smallest absolute Gasteiger partial charge is 0.253 e. The first-order chi connectivity index (χ1) is 12.5. The number of carbonyl (C=O) groups excluding carboxylic acids is 1. The summed E-state index contributed by atoms with van der Waals surface area (Å²) >= 11 is 0. The van der Waals surface area contributed by atoms with Crippen LogP contribution in [-0.4, -0.2) is 16.9 Å². The lowest BCUT2D eigenvalue weighted by atomic mass is 9.93. The van der Waals surface area contributed by atoms with Gasteiger partial charge in [0.2, 0.25) is 0 Å². The molecule has 0 radical (unpaired) electrons. The number of halogens is 1. The van der Waals surface area contributed by atoms with Crippen LogP contribution in [0.25, 0.3) is 0 Å². The molecule has 1 aromatic heterocycles. The second-order valence-corrected chi connectivity index (χ2v) is 6.50. The van der Waals surface area contributed by atoms with Gasteiger partial charge < -0.3 is 10.1 Å². The van der Waals surface area contributed by atoms with Gasteiger partial charge in [-0.15, -0.1) is 0 Å². The molecule has 140 valence electrons. The molecule has 1 aromatic carbocycles. The number of aromatic nitrogens is 1. The largest absolute Gasteiger partial charge is 0.487 e. The number of rotatable bonds is 9. The molecular weight excluding hydrogens is 331 g/mol. The zero-order valence-electron chi connectivity index (χ0n) is 15.7. The van der Waals surface area contributed by atoms with E-state index in [1.165, 1.54) is 12.1 Å². The third-order valence-corrected chi connectivity index (χ3v) is 4.52. The highest BCUT2D eigenvalue weighted by Gasteiger charge is 2.17. The molecule has 0 fully saturated rings. The van der Waals surface area contributed by atoms with Crippen molar-refractivity contribution in [2.24, 2.45) is 5.92 Å². The molecule has 2 atom stereocenters. The maximum absolute atomic E-state index is 13.1. The number of carbonyl (C=O) groups is 1. The first-order valence-electron chi connectivity index (χ1n) is 9.17. The second kappa shape index (κ2) is 9.90. The molecular formula is C21H27FN2O2. The summed E-state index contributed by atoms with van der Waals surface area (Å²) < 4.78 is 18.6. The van der Waals surface area contributed by atoms with Crippen LogP contribution in [0.2, 0.25) is 0 Å². The van der Waals surface area contributed by atoms with E-state index in [1.54, 1.807) is 30.5 Å². The van der Waals surface area contributed by atoms with E-state index in [0.29, 0.717) is 22.9 Å². The van der Waals surface area contributed by atoms with Gasteiger partial charge in [-0.3, -0.25) is 9.78 Å². The topological polar surface area (TPSA) is 51.2 Å². The SMILES string of the molecule is CCCC(CC)[C@@H](C)NC(=O)c1ccc(COc2cccc(F)c2)nc1. The van der Waals surface area contributed by atoms with Crippen LogP contribution in [0.4, 0.5) is 4.39 Å². The standard InChI is InChI=1S/C21H27FN2O2/c1-4-7-16(5-2)15(3)24-21(25)17-10-11-19(23-13-17)14-26-20-9-6-8-18(22)12-20/h6,8-13,15-16H,4-5,7,14H2,1-3H3,(H,24,25)/t15-,16?/m1/s1. The lowest BCUT2D eigenvalue weighted by molar-refractivity contribution is 0.0923. The zero-order valence-corrected chi connectivity index (χ0v) is 15.7. The molecule has 0 aliphatic heterocycles. The predicted molar refractivity (Wildman–Crippen MR) is 101 cm³/mol. The highest BCUT2D eigenvalue weighted by atomic mass is 19.1. The Morgan fingerprint density at radius 1 is 1.27 bits per heavy atom. The molecule has 0 saturated heterocycles. The molecule has 1 N–H and O–H groups in total. The van der Waals surface area contributed by atoms with Crippen molar-refractivity contribution in [3.8, 4) is 5.75 Å². The fraction of sp³-hybridized carbons (Fsp3) is 0.429. The van der Waals surface area contributed by atoms with Crippen LogP contribution in [0.1, 0.15) is 56.1 Å². The minimum absolute atomic E-state index is 0.114. The van der Waals surface area contributed by atoms with Crippen LogP contribution in [-0.2, 0) is 6.61 Å². The molecule has 0 spiro atoms. The van der Waals surface area contributed by atoms with Crippen molar-refractivity contribution in [2.75, 3.05) is 0 Å². The Kier molecular flexibility index (Phi) is 7.57. The van der Waals surface area contributed by atoms with Crippen LogP contribution in [0.5, 0.6) is 5.75 Å². The summed E-state index contributed by atoms with van der Waals surface area (Å²) in [6, 6.07) is 9.58. The Bertz CT molecular complexity index is 703. The first-order valence-corrected chi connectivity index (χ1v) is 9.17. The highest BCUT2D eigenvalue weighted by molar-refractivity contribution is 5.94. The Balaban J connectivity index is 1.90. The van der Waals surface area contributed by atoms with Gasteiger partial charge in [0.05, 0.1) is 11.3 Å². The number of benzene rings is 1. The molecule has 0 saturated carbocycles. The van der Waals surface area contributed by atoms with Gasteiger partial charge in [-0.05, 0) is 43.5 Å². The Labute approximate surface area is 154 Å². The minimum Gasteiger partial charge on any atom is -0.487 e. The van der Waals surface area contributed by atoms with Crippen molar-refractivity contribution in [1.29, 1.82) is 0 Å². The molecule has 1 heterocycles. The van der Waals surface area contributed by atoms with Gasteiger partial charge in [0.15, 0.2) is 0 Å². The number of hydrogen-bond donors (Lipinski definition) is 1. The van der Waals surface area contributed by atoms with E-state index in [9.17, 15) is 9.18 Å². The molecule has 2 aromatic rings. The van der Waals surface area contributed by atoms with Gasteiger partial charge in [0.1, 0.15) is 18.2 Å². The number of nitrogens with one attached hydrogen (secondary N) is 1. The predicted octanol–water partition coefficient (Wildman–Crippen LogP) is 4.74. The number of pyridine rings is 1. The second-order valence-electron chi connectivity index (χ2n) is 6.50. The number of ether oxygens (including phenoxy) is 1. The van der Waals surface area contributed by atoms with Crippen molar-refractivity contribution < 1.29 is 13.9 Å². The summed E-state index contributed by atoms with van der Waals surface area (Å²) in [5.41, 5.74) is 1.20. The maximum atomic E-state index is 13.1. The lowest BCUT2D eigenvalue weighted by Crippen LogP contribution is -2.38. The molecule has 26 heavy (non-hydrogen) atoms. The monoisotopic (exact) mass is 358 g/mol. The molecule has 0 aliphatic carbocycles. The van der Waals surface area contributed by atoms with E-state index in [4.69, 9.17) is 4.74 Å². The molecule has 1 amide bonds. The van der Waals surface area contributed by atoms with Gasteiger partial charge in [0, 0.05) is 18.3 Å². The molecule has 1 unspecified atom stereocenters. The normalized spacial score (nSPS) is 13.1. The number of hydrogen-bond acceptors (Lipinski definition) is 3. The van der Waals surface area contributed by atoms with Crippen LogP contribution >= 0.6 is 0 Å². The van der Waals surface area contributed by atoms with E-state index < -0.39 is 0 Å². The highest BCUT2D eigenvalue weighted by Crippen LogP contribution is 2.16. The maximum Gasteiger partial charge on any atom is 0.253 e. The molecule has 4 nitrogen and oxygen atoms in total. The Hall–Kier alpha value is -2.43. The van der Waals surface area contributed by atoms with Crippen LogP contribution in [0, 0.1) is 11.7 Å². The van der Waals surface area contributed by atoms with Gasteiger partial charge >= 0.3 is 0 Å². The minimum atomic E-state index is -0.343. The van der Waals surface area contributed by atoms with Crippen molar-refractivity contribution in [2.45, 2.75) is 52.7 Å². The zero-order chi connectivity index (χ0) is 18.9. The van der Waals surface area contributed by atoms with Crippen molar-refractivity contribution >= 4 is 5.91 Å². The van der Waals surface area contributed by atoms with E-state index in [-0.39, 0.29) is 24.4 Å². The quantitative estimate of drug-likeness (QED) is 0.704.